The summed E-state index contributed by atoms with van der Waals surface area (Å²) < 4.78 is 5.34. The lowest BCUT2D eigenvalue weighted by molar-refractivity contribution is 0.377. The van der Waals surface area contributed by atoms with E-state index in [-0.39, 0.29) is 0 Å². The first kappa shape index (κ1) is 9.88. The molecule has 18 heavy (non-hydrogen) atoms. The number of hydrogen-bond acceptors (Lipinski definition) is 3. The van der Waals surface area contributed by atoms with Crippen molar-refractivity contribution in [3.8, 4) is 11.4 Å². The molecule has 0 saturated heterocycles. The number of H-pyrrole nitrogens is 1. The van der Waals surface area contributed by atoms with Crippen molar-refractivity contribution in [1.82, 2.24) is 15.1 Å². The molecular weight excluding hydrogens is 226 g/mol. The molecule has 4 nitrogen and oxygen atoms in total. The second kappa shape index (κ2) is 3.45. The lowest BCUT2D eigenvalue weighted by Crippen LogP contribution is -1.83. The lowest BCUT2D eigenvalue weighted by Gasteiger charge is -1.94. The molecule has 0 spiro atoms. The molecule has 2 atom stereocenters. The third kappa shape index (κ3) is 1.45. The molecule has 1 fully saturated rings. The highest BCUT2D eigenvalue weighted by Crippen LogP contribution is 2.46. The molecule has 2 heterocycles. The van der Waals surface area contributed by atoms with Gasteiger partial charge in [0.15, 0.2) is 0 Å². The van der Waals surface area contributed by atoms with Gasteiger partial charge in [0.25, 0.3) is 0 Å². The standard InChI is InChI=1S/C14H13N3O/c1-8-6-11(8)14-16-13(17-18-14)10-3-2-9-4-5-15-12(9)7-10/h2-5,7-8,11,15H,6H2,1H3/t8-,11-/m0/s1. The van der Waals surface area contributed by atoms with Gasteiger partial charge in [-0.2, -0.15) is 4.98 Å². The summed E-state index contributed by atoms with van der Waals surface area (Å²) in [5, 5.41) is 5.27. The van der Waals surface area contributed by atoms with Crippen LogP contribution in [0.2, 0.25) is 0 Å². The fourth-order valence-corrected chi connectivity index (χ4v) is 2.36. The van der Waals surface area contributed by atoms with Gasteiger partial charge in [0, 0.05) is 23.2 Å². The molecule has 1 aromatic carbocycles. The van der Waals surface area contributed by atoms with Crippen LogP contribution >= 0.6 is 0 Å². The number of fused-ring (bicyclic) bond motifs is 1. The summed E-state index contributed by atoms with van der Waals surface area (Å²) in [4.78, 5) is 7.68. The Labute approximate surface area is 104 Å². The first-order chi connectivity index (χ1) is 8.81. The molecular formula is C14H13N3O. The average molecular weight is 239 g/mol. The Hall–Kier alpha value is -2.10. The van der Waals surface area contributed by atoms with Gasteiger partial charge in [-0.05, 0) is 29.9 Å². The van der Waals surface area contributed by atoms with Crippen LogP contribution in [-0.4, -0.2) is 15.1 Å². The highest BCUT2D eigenvalue weighted by molar-refractivity contribution is 5.83. The second-order valence-corrected chi connectivity index (χ2v) is 5.06. The van der Waals surface area contributed by atoms with Crippen LogP contribution in [0.25, 0.3) is 22.3 Å². The first-order valence-corrected chi connectivity index (χ1v) is 6.22. The van der Waals surface area contributed by atoms with Gasteiger partial charge in [-0.1, -0.05) is 24.2 Å². The fourth-order valence-electron chi connectivity index (χ4n) is 2.36. The van der Waals surface area contributed by atoms with Gasteiger partial charge in [0.05, 0.1) is 0 Å². The number of aromatic amines is 1. The second-order valence-electron chi connectivity index (χ2n) is 5.06. The number of rotatable bonds is 2. The van der Waals surface area contributed by atoms with Crippen molar-refractivity contribution in [3.05, 3.63) is 36.4 Å². The Balaban J connectivity index is 1.74. The molecule has 0 radical (unpaired) electrons. The summed E-state index contributed by atoms with van der Waals surface area (Å²) in [6.07, 6.45) is 3.10. The summed E-state index contributed by atoms with van der Waals surface area (Å²) in [6, 6.07) is 8.20. The van der Waals surface area contributed by atoms with Gasteiger partial charge in [0.1, 0.15) is 0 Å². The molecule has 1 aliphatic carbocycles. The molecule has 4 heteroatoms. The summed E-state index contributed by atoms with van der Waals surface area (Å²) in [5.74, 6) is 2.62. The minimum Gasteiger partial charge on any atom is -0.361 e. The molecule has 0 aliphatic heterocycles. The third-order valence-electron chi connectivity index (χ3n) is 3.68. The van der Waals surface area contributed by atoms with Crippen LogP contribution in [0, 0.1) is 5.92 Å². The monoisotopic (exact) mass is 239 g/mol. The van der Waals surface area contributed by atoms with Crippen LogP contribution in [0.1, 0.15) is 25.2 Å². The summed E-state index contributed by atoms with van der Waals surface area (Å²) in [6.45, 7) is 2.21. The van der Waals surface area contributed by atoms with E-state index in [0.717, 1.165) is 23.4 Å². The van der Waals surface area contributed by atoms with Gasteiger partial charge in [-0.3, -0.25) is 0 Å². The predicted octanol–water partition coefficient (Wildman–Crippen LogP) is 3.34. The topological polar surface area (TPSA) is 54.7 Å². The molecule has 1 N–H and O–H groups in total. The minimum absolute atomic E-state index is 0.473. The number of aromatic nitrogens is 3. The van der Waals surface area contributed by atoms with Crippen LogP contribution in [0.4, 0.5) is 0 Å². The van der Waals surface area contributed by atoms with Gasteiger partial charge >= 0.3 is 0 Å². The molecule has 4 rings (SSSR count). The van der Waals surface area contributed by atoms with Crippen molar-refractivity contribution in [2.45, 2.75) is 19.3 Å². The molecule has 0 amide bonds. The van der Waals surface area contributed by atoms with E-state index in [4.69, 9.17) is 4.52 Å². The molecule has 1 aliphatic rings. The van der Waals surface area contributed by atoms with E-state index >= 15 is 0 Å². The minimum atomic E-state index is 0.473. The van der Waals surface area contributed by atoms with Gasteiger partial charge in [-0.15, -0.1) is 0 Å². The van der Waals surface area contributed by atoms with Crippen LogP contribution in [0.15, 0.2) is 35.0 Å². The quantitative estimate of drug-likeness (QED) is 0.746. The van der Waals surface area contributed by atoms with Gasteiger partial charge in [-0.25, -0.2) is 0 Å². The van der Waals surface area contributed by atoms with E-state index in [1.807, 2.05) is 18.3 Å². The third-order valence-corrected chi connectivity index (χ3v) is 3.68. The first-order valence-electron chi connectivity index (χ1n) is 6.22. The highest BCUT2D eigenvalue weighted by atomic mass is 16.5. The number of benzene rings is 1. The SMILES string of the molecule is C[C@H]1C[C@@H]1c1nc(-c2ccc3cc[nH]c3c2)no1. The van der Waals surface area contributed by atoms with E-state index in [1.165, 1.54) is 5.39 Å². The normalized spacial score (nSPS) is 22.5. The van der Waals surface area contributed by atoms with Crippen molar-refractivity contribution >= 4 is 10.9 Å². The lowest BCUT2D eigenvalue weighted by atomic mass is 10.1. The van der Waals surface area contributed by atoms with Gasteiger partial charge < -0.3 is 9.51 Å². The molecule has 0 bridgehead atoms. The molecule has 0 unspecified atom stereocenters. The smallest absolute Gasteiger partial charge is 0.230 e. The molecule has 3 aromatic rings. The number of nitrogens with zero attached hydrogens (tertiary/aromatic N) is 2. The highest BCUT2D eigenvalue weighted by Gasteiger charge is 2.38. The van der Waals surface area contributed by atoms with Crippen LogP contribution in [0.3, 0.4) is 0 Å². The zero-order valence-electron chi connectivity index (χ0n) is 10.1. The van der Waals surface area contributed by atoms with Crippen LogP contribution < -0.4 is 0 Å². The van der Waals surface area contributed by atoms with Crippen molar-refractivity contribution in [2.75, 3.05) is 0 Å². The number of hydrogen-bond donors (Lipinski definition) is 1. The van der Waals surface area contributed by atoms with E-state index in [0.29, 0.717) is 17.7 Å². The average Bonchev–Trinajstić information content (AvgIpc) is 2.88. The van der Waals surface area contributed by atoms with Crippen LogP contribution in [0.5, 0.6) is 0 Å². The van der Waals surface area contributed by atoms with E-state index < -0.39 is 0 Å². The number of nitrogens with one attached hydrogen (secondary N) is 1. The van der Waals surface area contributed by atoms with E-state index in [1.54, 1.807) is 0 Å². The molecule has 90 valence electrons. The Morgan fingerprint density at radius 2 is 2.22 bits per heavy atom. The Morgan fingerprint density at radius 1 is 1.33 bits per heavy atom. The summed E-state index contributed by atoms with van der Waals surface area (Å²) in [5.41, 5.74) is 2.09. The maximum atomic E-state index is 5.34. The van der Waals surface area contributed by atoms with Crippen molar-refractivity contribution < 1.29 is 4.52 Å². The maximum absolute atomic E-state index is 5.34. The fraction of sp³-hybridized carbons (Fsp3) is 0.286. The van der Waals surface area contributed by atoms with Crippen molar-refractivity contribution in [1.29, 1.82) is 0 Å². The molecule has 2 aromatic heterocycles. The Bertz CT molecular complexity index is 712. The zero-order valence-corrected chi connectivity index (χ0v) is 10.1. The molecule has 1 saturated carbocycles. The predicted molar refractivity (Wildman–Crippen MR) is 68.1 cm³/mol. The zero-order chi connectivity index (χ0) is 12.1. The largest absolute Gasteiger partial charge is 0.361 e. The Kier molecular flexibility index (Phi) is 1.89. The maximum Gasteiger partial charge on any atom is 0.230 e. The van der Waals surface area contributed by atoms with Gasteiger partial charge in [0.2, 0.25) is 11.7 Å². The van der Waals surface area contributed by atoms with Crippen molar-refractivity contribution in [2.24, 2.45) is 5.92 Å². The summed E-state index contributed by atoms with van der Waals surface area (Å²) in [7, 11) is 0. The Morgan fingerprint density at radius 3 is 3.06 bits per heavy atom. The van der Waals surface area contributed by atoms with E-state index in [9.17, 15) is 0 Å². The van der Waals surface area contributed by atoms with Crippen LogP contribution in [-0.2, 0) is 0 Å². The van der Waals surface area contributed by atoms with E-state index in [2.05, 4.69) is 34.2 Å². The van der Waals surface area contributed by atoms with Crippen molar-refractivity contribution in [3.63, 3.8) is 0 Å². The summed E-state index contributed by atoms with van der Waals surface area (Å²) >= 11 is 0.